The molecule has 34 heavy (non-hydrogen) atoms. The van der Waals surface area contributed by atoms with E-state index in [0.717, 1.165) is 23.5 Å². The van der Waals surface area contributed by atoms with Crippen molar-refractivity contribution in [3.8, 4) is 5.75 Å². The van der Waals surface area contributed by atoms with E-state index in [2.05, 4.69) is 9.71 Å². The zero-order chi connectivity index (χ0) is 24.5. The number of fused-ring (bicyclic) bond motifs is 1. The average Bonchev–Trinajstić information content (AvgIpc) is 3.30. The summed E-state index contributed by atoms with van der Waals surface area (Å²) < 4.78 is 73.3. The lowest BCUT2D eigenvalue weighted by Gasteiger charge is -2.33. The molecule has 0 aliphatic carbocycles. The van der Waals surface area contributed by atoms with Gasteiger partial charge in [0, 0.05) is 29.8 Å². The standard InChI is InChI=1S/C21H20F3N3O5S2/c22-21(23,24)14-1-3-17(13(9-14)10-15(29)12-28)27-6-7-32-19-11-16(2-4-18(19)27)34(30,31)26-20-25-5-8-33-20/h1-5,8-9,11,15,28-29H,6-7,10,12H2,(H,25,26)/t15-/m0/s1. The maximum atomic E-state index is 13.3. The molecule has 2 heterocycles. The largest absolute Gasteiger partial charge is 0.489 e. The van der Waals surface area contributed by atoms with Crippen LogP contribution in [-0.4, -0.2) is 49.5 Å². The molecule has 0 unspecified atom stereocenters. The Morgan fingerprint density at radius 1 is 1.21 bits per heavy atom. The number of aliphatic hydroxyl groups excluding tert-OH is 2. The van der Waals surface area contributed by atoms with Crippen LogP contribution in [0.2, 0.25) is 0 Å². The van der Waals surface area contributed by atoms with Crippen molar-refractivity contribution in [1.82, 2.24) is 4.98 Å². The van der Waals surface area contributed by atoms with Crippen molar-refractivity contribution in [2.45, 2.75) is 23.6 Å². The van der Waals surface area contributed by atoms with Crippen LogP contribution >= 0.6 is 11.3 Å². The minimum atomic E-state index is -4.58. The molecule has 0 saturated carbocycles. The molecule has 1 aliphatic heterocycles. The number of rotatable bonds is 7. The highest BCUT2D eigenvalue weighted by Gasteiger charge is 2.32. The maximum absolute atomic E-state index is 13.3. The molecule has 8 nitrogen and oxygen atoms in total. The number of thiazole rings is 1. The van der Waals surface area contributed by atoms with Gasteiger partial charge < -0.3 is 19.8 Å². The zero-order valence-electron chi connectivity index (χ0n) is 17.5. The Hall–Kier alpha value is -2.87. The summed E-state index contributed by atoms with van der Waals surface area (Å²) in [6.45, 7) is -0.174. The van der Waals surface area contributed by atoms with Gasteiger partial charge in [-0.3, -0.25) is 4.72 Å². The van der Waals surface area contributed by atoms with Crippen molar-refractivity contribution in [2.75, 3.05) is 29.4 Å². The molecular formula is C21H20F3N3O5S2. The fourth-order valence-corrected chi connectivity index (χ4v) is 5.38. The van der Waals surface area contributed by atoms with E-state index in [4.69, 9.17) is 4.74 Å². The number of sulfonamides is 1. The molecule has 0 amide bonds. The number of anilines is 3. The number of ether oxygens (including phenoxy) is 1. The van der Waals surface area contributed by atoms with E-state index < -0.39 is 34.5 Å². The third-order valence-corrected chi connectivity index (χ3v) is 7.28. The van der Waals surface area contributed by atoms with Gasteiger partial charge in [0.05, 0.1) is 35.4 Å². The Bertz CT molecular complexity index is 1270. The fraction of sp³-hybridized carbons (Fsp3) is 0.286. The van der Waals surface area contributed by atoms with Crippen molar-refractivity contribution >= 4 is 37.9 Å². The topological polar surface area (TPSA) is 112 Å². The predicted octanol–water partition coefficient (Wildman–Crippen LogP) is 3.39. The molecule has 4 rings (SSSR count). The lowest BCUT2D eigenvalue weighted by atomic mass is 10.0. The monoisotopic (exact) mass is 515 g/mol. The van der Waals surface area contributed by atoms with E-state index >= 15 is 0 Å². The molecule has 3 aromatic rings. The Kier molecular flexibility index (Phi) is 6.71. The van der Waals surface area contributed by atoms with E-state index in [1.807, 2.05) is 0 Å². The van der Waals surface area contributed by atoms with Crippen molar-refractivity contribution in [2.24, 2.45) is 0 Å². The summed E-state index contributed by atoms with van der Waals surface area (Å²) in [5.41, 5.74) is 0.159. The second kappa shape index (κ2) is 9.41. The van der Waals surface area contributed by atoms with Crippen LogP contribution in [0.15, 0.2) is 52.9 Å². The van der Waals surface area contributed by atoms with Crippen LogP contribution in [-0.2, 0) is 22.6 Å². The molecule has 1 aliphatic rings. The average molecular weight is 516 g/mol. The number of halogens is 3. The zero-order valence-corrected chi connectivity index (χ0v) is 19.1. The first kappa shape index (κ1) is 24.3. The molecule has 0 bridgehead atoms. The quantitative estimate of drug-likeness (QED) is 0.442. The van der Waals surface area contributed by atoms with Crippen LogP contribution in [0.1, 0.15) is 11.1 Å². The third-order valence-electron chi connectivity index (χ3n) is 5.12. The molecule has 0 fully saturated rings. The Morgan fingerprint density at radius 2 is 1.97 bits per heavy atom. The summed E-state index contributed by atoms with van der Waals surface area (Å²) >= 11 is 1.12. The maximum Gasteiger partial charge on any atom is 0.416 e. The number of aliphatic hydroxyl groups is 2. The minimum absolute atomic E-state index is 0.0633. The summed E-state index contributed by atoms with van der Waals surface area (Å²) in [6.07, 6.45) is -4.56. The lowest BCUT2D eigenvalue weighted by molar-refractivity contribution is -0.137. The van der Waals surface area contributed by atoms with Gasteiger partial charge in [0.2, 0.25) is 0 Å². The first-order valence-electron chi connectivity index (χ1n) is 10.0. The number of hydrogen-bond acceptors (Lipinski definition) is 8. The molecule has 13 heteroatoms. The summed E-state index contributed by atoms with van der Waals surface area (Å²) in [5, 5.41) is 20.9. The second-order valence-electron chi connectivity index (χ2n) is 7.45. The smallest absolute Gasteiger partial charge is 0.416 e. The number of aromatic nitrogens is 1. The van der Waals surface area contributed by atoms with Crippen molar-refractivity contribution in [3.05, 3.63) is 59.1 Å². The van der Waals surface area contributed by atoms with E-state index in [9.17, 15) is 31.8 Å². The van der Waals surface area contributed by atoms with Crippen LogP contribution in [0.3, 0.4) is 0 Å². The van der Waals surface area contributed by atoms with Gasteiger partial charge in [-0.2, -0.15) is 13.2 Å². The summed E-state index contributed by atoms with van der Waals surface area (Å²) in [4.78, 5) is 5.54. The highest BCUT2D eigenvalue weighted by molar-refractivity contribution is 7.93. The number of nitrogens with one attached hydrogen (secondary N) is 1. The van der Waals surface area contributed by atoms with Crippen LogP contribution in [0.25, 0.3) is 0 Å². The Labute approximate surface area is 197 Å². The van der Waals surface area contributed by atoms with Gasteiger partial charge in [-0.15, -0.1) is 11.3 Å². The third kappa shape index (κ3) is 5.12. The highest BCUT2D eigenvalue weighted by atomic mass is 32.2. The van der Waals surface area contributed by atoms with Crippen LogP contribution in [0.4, 0.5) is 29.7 Å². The molecule has 2 aromatic carbocycles. The van der Waals surface area contributed by atoms with E-state index in [1.54, 1.807) is 10.3 Å². The van der Waals surface area contributed by atoms with Gasteiger partial charge in [0.1, 0.15) is 12.4 Å². The number of benzene rings is 2. The van der Waals surface area contributed by atoms with Crippen molar-refractivity contribution in [3.63, 3.8) is 0 Å². The van der Waals surface area contributed by atoms with Gasteiger partial charge in [0.15, 0.2) is 5.13 Å². The molecule has 1 aromatic heterocycles. The molecule has 0 radical (unpaired) electrons. The number of hydrogen-bond donors (Lipinski definition) is 3. The first-order chi connectivity index (χ1) is 16.1. The molecular weight excluding hydrogens is 495 g/mol. The van der Waals surface area contributed by atoms with Gasteiger partial charge >= 0.3 is 6.18 Å². The van der Waals surface area contributed by atoms with Gasteiger partial charge in [-0.25, -0.2) is 13.4 Å². The normalized spacial score (nSPS) is 14.9. The van der Waals surface area contributed by atoms with E-state index in [1.165, 1.54) is 30.5 Å². The van der Waals surface area contributed by atoms with Crippen molar-refractivity contribution in [1.29, 1.82) is 0 Å². The summed E-state index contributed by atoms with van der Waals surface area (Å²) in [5.74, 6) is 0.238. The molecule has 0 spiro atoms. The second-order valence-corrected chi connectivity index (χ2v) is 10.0. The SMILES string of the molecule is O=S(=O)(Nc1nccs1)c1ccc2c(c1)OCCN2c1ccc(C(F)(F)F)cc1C[C@H](O)CO. The summed E-state index contributed by atoms with van der Waals surface area (Å²) in [6, 6.07) is 7.39. The van der Waals surface area contributed by atoms with Gasteiger partial charge in [-0.1, -0.05) is 0 Å². The number of nitrogens with zero attached hydrogens (tertiary/aromatic N) is 2. The van der Waals surface area contributed by atoms with Crippen molar-refractivity contribution < 1.29 is 36.5 Å². The predicted molar refractivity (Wildman–Crippen MR) is 120 cm³/mol. The molecule has 1 atom stereocenters. The van der Waals surface area contributed by atoms with E-state index in [0.29, 0.717) is 11.4 Å². The molecule has 3 N–H and O–H groups in total. The highest BCUT2D eigenvalue weighted by Crippen LogP contribution is 2.41. The molecule has 0 saturated heterocycles. The minimum Gasteiger partial charge on any atom is -0.489 e. The number of alkyl halides is 3. The molecule has 182 valence electrons. The fourth-order valence-electron chi connectivity index (χ4n) is 3.57. The van der Waals surface area contributed by atoms with Gasteiger partial charge in [0.25, 0.3) is 10.0 Å². The first-order valence-corrected chi connectivity index (χ1v) is 12.4. The van der Waals surface area contributed by atoms with Gasteiger partial charge in [-0.05, 0) is 35.9 Å². The van der Waals surface area contributed by atoms with E-state index in [-0.39, 0.29) is 40.9 Å². The van der Waals surface area contributed by atoms with Crippen LogP contribution in [0, 0.1) is 0 Å². The Balaban J connectivity index is 1.71. The lowest BCUT2D eigenvalue weighted by Crippen LogP contribution is -2.30. The summed E-state index contributed by atoms with van der Waals surface area (Å²) in [7, 11) is -3.93. The Morgan fingerprint density at radius 3 is 2.65 bits per heavy atom. The van der Waals surface area contributed by atoms with Crippen LogP contribution < -0.4 is 14.4 Å². The van der Waals surface area contributed by atoms with Crippen LogP contribution in [0.5, 0.6) is 5.75 Å².